The van der Waals surface area contributed by atoms with Crippen molar-refractivity contribution in [2.24, 2.45) is 5.92 Å². The van der Waals surface area contributed by atoms with E-state index >= 15 is 0 Å². The lowest BCUT2D eigenvalue weighted by atomic mass is 10.1. The smallest absolute Gasteiger partial charge is 0.382 e. The molecule has 1 fully saturated rings. The number of alkyl halides is 3. The third kappa shape index (κ3) is 3.86. The number of nitrogens with one attached hydrogen (secondary N) is 2. The molecule has 5 rings (SSSR count). The van der Waals surface area contributed by atoms with Gasteiger partial charge in [-0.25, -0.2) is 9.55 Å². The van der Waals surface area contributed by atoms with Crippen LogP contribution >= 0.6 is 0 Å². The molecule has 0 saturated heterocycles. The molecule has 0 aliphatic heterocycles. The molecule has 4 aromatic rings. The van der Waals surface area contributed by atoms with Crippen molar-refractivity contribution in [1.82, 2.24) is 29.7 Å². The molecule has 6 N–H and O–H groups in total. The Kier molecular flexibility index (Phi) is 5.04. The summed E-state index contributed by atoms with van der Waals surface area (Å²) in [4.78, 5) is 25.9. The maximum absolute atomic E-state index is 13.7. The van der Waals surface area contributed by atoms with Gasteiger partial charge in [-0.05, 0) is 30.9 Å². The quantitative estimate of drug-likeness (QED) is 0.333. The first kappa shape index (κ1) is 22.1. The lowest BCUT2D eigenvalue weighted by Gasteiger charge is -2.23. The van der Waals surface area contributed by atoms with Crippen LogP contribution in [0, 0.1) is 17.2 Å². The summed E-state index contributed by atoms with van der Waals surface area (Å²) < 4.78 is 42.3. The Hall–Kier alpha value is -4.67. The van der Waals surface area contributed by atoms with E-state index in [2.05, 4.69) is 30.5 Å². The van der Waals surface area contributed by atoms with Crippen LogP contribution < -0.4 is 22.3 Å². The van der Waals surface area contributed by atoms with Gasteiger partial charge < -0.3 is 16.8 Å². The molecule has 0 amide bonds. The number of H-pyrrole nitrogens is 1. The molecule has 35 heavy (non-hydrogen) atoms. The number of hydrogen-bond donors (Lipinski definition) is 4. The molecular formula is C21H17F3N10O. The zero-order chi connectivity index (χ0) is 24.9. The molecule has 0 radical (unpaired) electrons. The van der Waals surface area contributed by atoms with Crippen molar-refractivity contribution >= 4 is 28.5 Å². The molecule has 14 heteroatoms. The third-order valence-corrected chi connectivity index (χ3v) is 5.69. The van der Waals surface area contributed by atoms with Gasteiger partial charge in [0.15, 0.2) is 5.82 Å². The van der Waals surface area contributed by atoms with E-state index in [9.17, 15) is 23.2 Å². The highest BCUT2D eigenvalue weighted by Gasteiger charge is 2.39. The molecule has 1 aromatic carbocycles. The number of anilines is 3. The van der Waals surface area contributed by atoms with Gasteiger partial charge in [-0.1, -0.05) is 6.07 Å². The van der Waals surface area contributed by atoms with E-state index in [1.165, 1.54) is 24.4 Å². The number of benzene rings is 1. The highest BCUT2D eigenvalue weighted by atomic mass is 19.4. The first-order valence-corrected chi connectivity index (χ1v) is 10.4. The van der Waals surface area contributed by atoms with E-state index in [1.807, 2.05) is 6.07 Å². The molecule has 3 aromatic heterocycles. The number of hydrogen-bond acceptors (Lipinski definition) is 9. The fraction of sp³-hybridized carbons (Fsp3) is 0.238. The first-order valence-electron chi connectivity index (χ1n) is 10.4. The predicted molar refractivity (Wildman–Crippen MR) is 119 cm³/mol. The van der Waals surface area contributed by atoms with Crippen molar-refractivity contribution in [2.75, 3.05) is 16.8 Å². The number of rotatable bonds is 5. The van der Waals surface area contributed by atoms with Gasteiger partial charge in [0, 0.05) is 6.07 Å². The van der Waals surface area contributed by atoms with Gasteiger partial charge in [-0.15, -0.1) is 0 Å². The predicted octanol–water partition coefficient (Wildman–Crippen LogP) is 2.52. The summed E-state index contributed by atoms with van der Waals surface area (Å²) >= 11 is 0. The molecule has 1 aliphatic rings. The van der Waals surface area contributed by atoms with Crippen molar-refractivity contribution in [3.05, 3.63) is 57.8 Å². The number of nitrogen functional groups attached to an aromatic ring is 2. The number of fused-ring (bicyclic) bond motifs is 1. The maximum Gasteiger partial charge on any atom is 0.417 e. The molecule has 1 saturated carbocycles. The molecule has 11 nitrogen and oxygen atoms in total. The van der Waals surface area contributed by atoms with E-state index in [4.69, 9.17) is 11.5 Å². The van der Waals surface area contributed by atoms with Crippen LogP contribution in [0.15, 0.2) is 35.3 Å². The number of nitrogens with two attached hydrogens (primary N) is 2. The topological polar surface area (TPSA) is 177 Å². The fourth-order valence-corrected chi connectivity index (χ4v) is 3.98. The Labute approximate surface area is 194 Å². The molecule has 3 heterocycles. The monoisotopic (exact) mass is 482 g/mol. The lowest BCUT2D eigenvalue weighted by molar-refractivity contribution is -0.136. The Morgan fingerprint density at radius 1 is 1.20 bits per heavy atom. The number of halogens is 3. The lowest BCUT2D eigenvalue weighted by Crippen LogP contribution is -2.31. The molecule has 1 atom stereocenters. The number of aromatic amines is 1. The van der Waals surface area contributed by atoms with Crippen LogP contribution in [0.3, 0.4) is 0 Å². The molecule has 178 valence electrons. The van der Waals surface area contributed by atoms with Crippen LogP contribution in [0.5, 0.6) is 0 Å². The summed E-state index contributed by atoms with van der Waals surface area (Å²) in [6, 6.07) is 6.02. The maximum atomic E-state index is 13.7. The summed E-state index contributed by atoms with van der Waals surface area (Å²) in [5.74, 6) is -0.0819. The SMILES string of the molecule is N#Cc1c(N)nc(N)nc1N[C@H](c1nc2cccc(C(F)(F)F)c2c(=O)n1-c1ccn[nH]1)C1CC1. The summed E-state index contributed by atoms with van der Waals surface area (Å²) in [5.41, 5.74) is 9.34. The number of aromatic nitrogens is 6. The fourth-order valence-electron chi connectivity index (χ4n) is 3.98. The van der Waals surface area contributed by atoms with Crippen molar-refractivity contribution in [3.63, 3.8) is 0 Å². The number of nitrogens with zero attached hydrogens (tertiary/aromatic N) is 6. The van der Waals surface area contributed by atoms with E-state index < -0.39 is 28.7 Å². The van der Waals surface area contributed by atoms with Gasteiger partial charge in [0.05, 0.1) is 28.7 Å². The van der Waals surface area contributed by atoms with Crippen molar-refractivity contribution in [3.8, 4) is 11.9 Å². The van der Waals surface area contributed by atoms with Gasteiger partial charge in [0.25, 0.3) is 5.56 Å². The van der Waals surface area contributed by atoms with Crippen molar-refractivity contribution in [2.45, 2.75) is 25.1 Å². The Morgan fingerprint density at radius 2 is 1.97 bits per heavy atom. The van der Waals surface area contributed by atoms with E-state index in [-0.39, 0.29) is 46.2 Å². The van der Waals surface area contributed by atoms with E-state index in [0.717, 1.165) is 23.5 Å². The second-order valence-corrected chi connectivity index (χ2v) is 8.01. The summed E-state index contributed by atoms with van der Waals surface area (Å²) in [7, 11) is 0. The van der Waals surface area contributed by atoms with Gasteiger partial charge in [-0.3, -0.25) is 9.89 Å². The zero-order valence-electron chi connectivity index (χ0n) is 17.8. The van der Waals surface area contributed by atoms with Crippen molar-refractivity contribution < 1.29 is 13.2 Å². The molecule has 0 spiro atoms. The number of nitriles is 1. The summed E-state index contributed by atoms with van der Waals surface area (Å²) in [6.07, 6.45) is -1.91. The Balaban J connectivity index is 1.78. The van der Waals surface area contributed by atoms with Gasteiger partial charge >= 0.3 is 6.18 Å². The van der Waals surface area contributed by atoms with E-state index in [1.54, 1.807) is 0 Å². The van der Waals surface area contributed by atoms with Crippen LogP contribution in [-0.4, -0.2) is 29.7 Å². The summed E-state index contributed by atoms with van der Waals surface area (Å²) in [6.45, 7) is 0. The Morgan fingerprint density at radius 3 is 2.60 bits per heavy atom. The Bertz CT molecular complexity index is 1530. The molecule has 0 bridgehead atoms. The molecular weight excluding hydrogens is 465 g/mol. The summed E-state index contributed by atoms with van der Waals surface area (Å²) in [5, 5.41) is 18.5. The molecule has 0 unspecified atom stereocenters. The third-order valence-electron chi connectivity index (χ3n) is 5.69. The minimum absolute atomic E-state index is 0.0314. The zero-order valence-corrected chi connectivity index (χ0v) is 17.8. The standard InChI is InChI=1S/C21H17F3N10O/c22-21(23,24)11-2-1-3-12-14(11)19(35)34(13-6-7-28-33-13)18(29-12)15(9-4-5-9)30-17-10(8-25)16(26)31-20(27)32-17/h1-3,6-7,9,15H,4-5H2,(H,28,33)(H5,26,27,30,31,32)/t15-/m0/s1. The van der Waals surface area contributed by atoms with Crippen LogP contribution in [0.2, 0.25) is 0 Å². The first-order chi connectivity index (χ1) is 16.7. The highest BCUT2D eigenvalue weighted by molar-refractivity contribution is 5.82. The second-order valence-electron chi connectivity index (χ2n) is 8.01. The largest absolute Gasteiger partial charge is 0.417 e. The average molecular weight is 482 g/mol. The van der Waals surface area contributed by atoms with E-state index in [0.29, 0.717) is 0 Å². The normalized spacial score (nSPS) is 14.6. The van der Waals surface area contributed by atoms with Crippen LogP contribution in [0.1, 0.15) is 35.8 Å². The minimum Gasteiger partial charge on any atom is -0.382 e. The minimum atomic E-state index is -4.76. The second kappa shape index (κ2) is 7.97. The van der Waals surface area contributed by atoms with Gasteiger partial charge in [0.1, 0.15) is 29.1 Å². The average Bonchev–Trinajstić information content (AvgIpc) is 3.50. The van der Waals surface area contributed by atoms with Gasteiger partial charge in [0.2, 0.25) is 5.95 Å². The van der Waals surface area contributed by atoms with Crippen LogP contribution in [0.25, 0.3) is 16.7 Å². The highest BCUT2D eigenvalue weighted by Crippen LogP contribution is 2.43. The van der Waals surface area contributed by atoms with Gasteiger partial charge in [-0.2, -0.15) is 33.5 Å². The van der Waals surface area contributed by atoms with Crippen LogP contribution in [0.4, 0.5) is 30.8 Å². The van der Waals surface area contributed by atoms with Crippen molar-refractivity contribution in [1.29, 1.82) is 5.26 Å². The molecule has 1 aliphatic carbocycles. The van der Waals surface area contributed by atoms with Crippen LogP contribution in [-0.2, 0) is 6.18 Å².